The van der Waals surface area contributed by atoms with Gasteiger partial charge < -0.3 is 4.74 Å². The van der Waals surface area contributed by atoms with Gasteiger partial charge in [-0.3, -0.25) is 14.3 Å². The zero-order valence-electron chi connectivity index (χ0n) is 18.5. The molecule has 0 aliphatic rings. The van der Waals surface area contributed by atoms with Gasteiger partial charge in [0, 0.05) is 34.2 Å². The van der Waals surface area contributed by atoms with Crippen LogP contribution in [0.1, 0.15) is 12.5 Å². The molecule has 0 aliphatic heterocycles. The zero-order chi connectivity index (χ0) is 23.9. The van der Waals surface area contributed by atoms with Crippen molar-refractivity contribution in [3.05, 3.63) is 83.6 Å². The van der Waals surface area contributed by atoms with Crippen LogP contribution in [0.5, 0.6) is 5.75 Å². The van der Waals surface area contributed by atoms with Crippen LogP contribution in [-0.4, -0.2) is 44.2 Å². The van der Waals surface area contributed by atoms with Crippen molar-refractivity contribution >= 4 is 35.0 Å². The Morgan fingerprint density at radius 3 is 2.44 bits per heavy atom. The van der Waals surface area contributed by atoms with E-state index in [2.05, 4.69) is 25.7 Å². The molecule has 34 heavy (non-hydrogen) atoms. The van der Waals surface area contributed by atoms with E-state index in [4.69, 9.17) is 16.3 Å². The highest BCUT2D eigenvalue weighted by Gasteiger charge is 2.17. The lowest BCUT2D eigenvalue weighted by atomic mass is 10.2. The molecule has 0 unspecified atom stereocenters. The average Bonchev–Trinajstić information content (AvgIpc) is 3.31. The second kappa shape index (κ2) is 11.0. The summed E-state index contributed by atoms with van der Waals surface area (Å²) in [6.45, 7) is 1.82. The van der Waals surface area contributed by atoms with Gasteiger partial charge >= 0.3 is 0 Å². The Morgan fingerprint density at radius 2 is 1.76 bits per heavy atom. The minimum Gasteiger partial charge on any atom is -0.497 e. The van der Waals surface area contributed by atoms with Crippen LogP contribution >= 0.6 is 23.4 Å². The molecule has 0 aliphatic carbocycles. The smallest absolute Gasteiger partial charge is 0.250 e. The molecule has 2 aromatic carbocycles. The zero-order valence-corrected chi connectivity index (χ0v) is 20.0. The molecule has 8 nitrogen and oxygen atoms in total. The second-order valence-corrected chi connectivity index (χ2v) is 8.48. The van der Waals surface area contributed by atoms with Crippen LogP contribution < -0.4 is 10.2 Å². The molecular weight excluding hydrogens is 472 g/mol. The van der Waals surface area contributed by atoms with Crippen LogP contribution in [-0.2, 0) is 4.79 Å². The maximum atomic E-state index is 12.5. The summed E-state index contributed by atoms with van der Waals surface area (Å²) in [6.07, 6.45) is 3.35. The molecule has 0 spiro atoms. The largest absolute Gasteiger partial charge is 0.497 e. The molecule has 0 bridgehead atoms. The highest BCUT2D eigenvalue weighted by Crippen LogP contribution is 2.29. The number of pyridine rings is 1. The number of nitrogens with one attached hydrogen (secondary N) is 1. The number of benzene rings is 2. The lowest BCUT2D eigenvalue weighted by molar-refractivity contribution is -0.118. The average molecular weight is 493 g/mol. The predicted octanol–water partition coefficient (Wildman–Crippen LogP) is 4.62. The fourth-order valence-electron chi connectivity index (χ4n) is 3.08. The van der Waals surface area contributed by atoms with E-state index < -0.39 is 0 Å². The predicted molar refractivity (Wildman–Crippen MR) is 134 cm³/mol. The molecule has 4 rings (SSSR count). The lowest BCUT2D eigenvalue weighted by Crippen LogP contribution is -2.21. The number of hydrogen-bond donors (Lipinski definition) is 1. The Kier molecular flexibility index (Phi) is 7.56. The summed E-state index contributed by atoms with van der Waals surface area (Å²) in [5, 5.41) is 14.1. The van der Waals surface area contributed by atoms with Gasteiger partial charge in [0.15, 0.2) is 11.0 Å². The van der Waals surface area contributed by atoms with Gasteiger partial charge in [0.2, 0.25) is 0 Å². The van der Waals surface area contributed by atoms with Crippen molar-refractivity contribution in [2.24, 2.45) is 5.10 Å². The first-order chi connectivity index (χ1) is 16.5. The van der Waals surface area contributed by atoms with E-state index in [1.54, 1.807) is 31.6 Å². The third kappa shape index (κ3) is 5.62. The standard InChI is InChI=1S/C24H21ClN6O2S/c1-16(17-11-13-26-14-12-17)27-28-22(32)15-34-24-30-29-23(18-3-9-21(33-2)10-4-18)31(24)20-7-5-19(25)6-8-20/h3-14H,15H2,1-2H3,(H,28,32)/b27-16-. The van der Waals surface area contributed by atoms with Gasteiger partial charge in [0.05, 0.1) is 18.6 Å². The van der Waals surface area contributed by atoms with E-state index in [0.29, 0.717) is 21.7 Å². The molecule has 2 heterocycles. The summed E-state index contributed by atoms with van der Waals surface area (Å²) < 4.78 is 7.14. The summed E-state index contributed by atoms with van der Waals surface area (Å²) in [5.74, 6) is 1.24. The topological polar surface area (TPSA) is 94.3 Å². The van der Waals surface area contributed by atoms with Gasteiger partial charge in [-0.1, -0.05) is 23.4 Å². The molecule has 0 saturated heterocycles. The molecule has 2 aromatic heterocycles. The first kappa shape index (κ1) is 23.5. The number of ether oxygens (including phenoxy) is 1. The second-order valence-electron chi connectivity index (χ2n) is 7.10. The van der Waals surface area contributed by atoms with Crippen LogP contribution in [0.15, 0.2) is 83.3 Å². The Morgan fingerprint density at radius 1 is 1.06 bits per heavy atom. The maximum absolute atomic E-state index is 12.5. The number of rotatable bonds is 8. The summed E-state index contributed by atoms with van der Waals surface area (Å²) in [6, 6.07) is 18.6. The molecule has 10 heteroatoms. The minimum absolute atomic E-state index is 0.113. The molecule has 0 saturated carbocycles. The van der Waals surface area contributed by atoms with Crippen molar-refractivity contribution in [1.82, 2.24) is 25.2 Å². The van der Waals surface area contributed by atoms with Gasteiger partial charge in [0.1, 0.15) is 5.75 Å². The van der Waals surface area contributed by atoms with Crippen molar-refractivity contribution in [1.29, 1.82) is 0 Å². The molecule has 1 amide bonds. The Hall–Kier alpha value is -3.69. The monoisotopic (exact) mass is 492 g/mol. The molecule has 172 valence electrons. The Balaban J connectivity index is 1.54. The number of carbonyl (C=O) groups excluding carboxylic acids is 1. The number of aromatic nitrogens is 4. The van der Waals surface area contributed by atoms with E-state index >= 15 is 0 Å². The van der Waals surface area contributed by atoms with Gasteiger partial charge in [-0.2, -0.15) is 5.10 Å². The summed E-state index contributed by atoms with van der Waals surface area (Å²) in [5.41, 5.74) is 5.85. The van der Waals surface area contributed by atoms with E-state index in [1.165, 1.54) is 11.8 Å². The van der Waals surface area contributed by atoms with Crippen LogP contribution in [0.4, 0.5) is 0 Å². The van der Waals surface area contributed by atoms with Crippen molar-refractivity contribution in [3.63, 3.8) is 0 Å². The lowest BCUT2D eigenvalue weighted by Gasteiger charge is -2.11. The molecule has 4 aromatic rings. The van der Waals surface area contributed by atoms with Crippen molar-refractivity contribution in [3.8, 4) is 22.8 Å². The molecule has 0 radical (unpaired) electrons. The number of carbonyl (C=O) groups is 1. The quantitative estimate of drug-likeness (QED) is 0.219. The van der Waals surface area contributed by atoms with Gasteiger partial charge in [-0.05, 0) is 67.6 Å². The number of hydrogen-bond acceptors (Lipinski definition) is 7. The van der Waals surface area contributed by atoms with Gasteiger partial charge in [-0.15, -0.1) is 10.2 Å². The van der Waals surface area contributed by atoms with Gasteiger partial charge in [0.25, 0.3) is 5.91 Å². The maximum Gasteiger partial charge on any atom is 0.250 e. The SMILES string of the molecule is COc1ccc(-c2nnc(SCC(=O)N/N=C(/C)c3ccncc3)n2-c2ccc(Cl)cc2)cc1. The molecule has 0 fully saturated rings. The number of amides is 1. The van der Waals surface area contributed by atoms with Crippen molar-refractivity contribution < 1.29 is 9.53 Å². The highest BCUT2D eigenvalue weighted by atomic mass is 35.5. The first-order valence-electron chi connectivity index (χ1n) is 10.3. The van der Waals surface area contributed by atoms with E-state index in [0.717, 1.165) is 22.6 Å². The van der Waals surface area contributed by atoms with Crippen molar-refractivity contribution in [2.75, 3.05) is 12.9 Å². The van der Waals surface area contributed by atoms with E-state index in [-0.39, 0.29) is 11.7 Å². The van der Waals surface area contributed by atoms with Crippen LogP contribution in [0.25, 0.3) is 17.1 Å². The minimum atomic E-state index is -0.255. The normalized spacial score (nSPS) is 11.3. The number of thioether (sulfide) groups is 1. The molecule has 0 atom stereocenters. The van der Waals surface area contributed by atoms with E-state index in [9.17, 15) is 4.79 Å². The summed E-state index contributed by atoms with van der Waals surface area (Å²) in [7, 11) is 1.62. The number of nitrogens with zero attached hydrogens (tertiary/aromatic N) is 5. The Labute approximate surface area is 206 Å². The molecular formula is C24H21ClN6O2S. The third-order valence-corrected chi connectivity index (χ3v) is 6.03. The third-order valence-electron chi connectivity index (χ3n) is 4.85. The fourth-order valence-corrected chi connectivity index (χ4v) is 3.95. The van der Waals surface area contributed by atoms with E-state index in [1.807, 2.05) is 60.0 Å². The van der Waals surface area contributed by atoms with Gasteiger partial charge in [-0.25, -0.2) is 5.43 Å². The fraction of sp³-hybridized carbons (Fsp3) is 0.125. The first-order valence-corrected chi connectivity index (χ1v) is 11.6. The van der Waals surface area contributed by atoms with Crippen molar-refractivity contribution in [2.45, 2.75) is 12.1 Å². The van der Waals surface area contributed by atoms with Crippen LogP contribution in [0, 0.1) is 0 Å². The highest BCUT2D eigenvalue weighted by molar-refractivity contribution is 7.99. The summed E-state index contributed by atoms with van der Waals surface area (Å²) >= 11 is 7.35. The number of hydrazone groups is 1. The van der Waals surface area contributed by atoms with Crippen LogP contribution in [0.3, 0.4) is 0 Å². The number of methoxy groups -OCH3 is 1. The Bertz CT molecular complexity index is 1290. The number of halogens is 1. The summed E-state index contributed by atoms with van der Waals surface area (Å²) in [4.78, 5) is 16.4. The molecule has 1 N–H and O–H groups in total. The van der Waals surface area contributed by atoms with Crippen LogP contribution in [0.2, 0.25) is 5.02 Å².